The average Bonchev–Trinajstić information content (AvgIpc) is 2.96. The molecule has 0 aliphatic heterocycles. The molecule has 5 rings (SSSR count). The van der Waals surface area contributed by atoms with Crippen LogP contribution in [0.3, 0.4) is 0 Å². The van der Waals surface area contributed by atoms with E-state index in [1.54, 1.807) is 12.4 Å². The van der Waals surface area contributed by atoms with Gasteiger partial charge in [-0.05, 0) is 79.3 Å². The summed E-state index contributed by atoms with van der Waals surface area (Å²) >= 11 is 0. The zero-order chi connectivity index (χ0) is 35.4. The molecule has 0 atom stereocenters. The second-order valence-electron chi connectivity index (χ2n) is 16.9. The molecule has 0 bridgehead atoms. The summed E-state index contributed by atoms with van der Waals surface area (Å²) in [6.07, 6.45) is 3.27. The van der Waals surface area contributed by atoms with Crippen LogP contribution < -0.4 is 10.2 Å². The van der Waals surface area contributed by atoms with E-state index in [2.05, 4.69) is 83.1 Å². The number of benzene rings is 4. The number of hydrogen-bond acceptors (Lipinski definition) is 6. The van der Waals surface area contributed by atoms with Crippen molar-refractivity contribution in [3.05, 3.63) is 94.0 Å². The molecule has 0 radical (unpaired) electrons. The number of aromatic nitrogens is 2. The minimum Gasteiger partial charge on any atom is -2.00 e. The number of nitrogens with zero attached hydrogens (tertiary/aromatic N) is 4. The fourth-order valence-electron chi connectivity index (χ4n) is 5.61. The Morgan fingerprint density at radius 3 is 1.12 bits per heavy atom. The molecule has 0 spiro atoms. The fourth-order valence-corrected chi connectivity index (χ4v) is 5.61. The molecule has 10 heteroatoms. The molecule has 1 aromatic heterocycles. The van der Waals surface area contributed by atoms with Crippen LogP contribution in [0.15, 0.2) is 70.6 Å². The van der Waals surface area contributed by atoms with E-state index >= 15 is 0 Å². The van der Waals surface area contributed by atoms with Gasteiger partial charge in [-0.25, -0.2) is 9.97 Å². The van der Waals surface area contributed by atoms with Gasteiger partial charge in [0.15, 0.2) is 0 Å². The van der Waals surface area contributed by atoms with E-state index in [0.717, 1.165) is 33.3 Å². The van der Waals surface area contributed by atoms with Crippen LogP contribution in [0.25, 0.3) is 22.1 Å². The molecule has 3 N–H and O–H groups in total. The van der Waals surface area contributed by atoms with Gasteiger partial charge in [0.05, 0.1) is 33.4 Å². The Kier molecular flexibility index (Phi) is 14.8. The number of aliphatic imine (C=N–C) groups is 2. The van der Waals surface area contributed by atoms with Crippen LogP contribution in [-0.4, -0.2) is 22.4 Å². The molecule has 0 saturated heterocycles. The van der Waals surface area contributed by atoms with Crippen molar-refractivity contribution in [3.8, 4) is 11.5 Å². The molecule has 4 aromatic carbocycles. The molecule has 9 nitrogen and oxygen atoms in total. The van der Waals surface area contributed by atoms with E-state index in [-0.39, 0.29) is 80.7 Å². The first kappa shape index (κ1) is 46.4. The van der Waals surface area contributed by atoms with Crippen LogP contribution in [0.4, 0.5) is 11.4 Å². The SMILES string of the molecule is CC(C)(C)c1cc(C=Nc2cc3nc4ccccc4nc3cc2N=Cc2cc(C(C)(C)C)cc(C(C)(C)C)c2[O-])c([O-])c(C(C)(C)C)c1.[O-2].[O-2].[OH3+].[U]. The number of rotatable bonds is 4. The Morgan fingerprint density at radius 2 is 0.827 bits per heavy atom. The molecule has 0 fully saturated rings. The zero-order valence-corrected chi connectivity index (χ0v) is 36.6. The second-order valence-corrected chi connectivity index (χ2v) is 16.9. The van der Waals surface area contributed by atoms with Crippen molar-refractivity contribution >= 4 is 45.9 Å². The van der Waals surface area contributed by atoms with Gasteiger partial charge in [-0.2, -0.15) is 0 Å². The Hall–Kier alpha value is -3.65. The van der Waals surface area contributed by atoms with E-state index in [4.69, 9.17) is 20.0 Å². The minimum absolute atomic E-state index is 0. The van der Waals surface area contributed by atoms with E-state index in [0.29, 0.717) is 33.5 Å². The monoisotopic (exact) mass is 929 g/mol. The molecule has 0 saturated carbocycles. The summed E-state index contributed by atoms with van der Waals surface area (Å²) in [5.41, 5.74) is 7.61. The third-order valence-electron chi connectivity index (χ3n) is 8.70. The molecule has 0 amide bonds. The van der Waals surface area contributed by atoms with E-state index in [1.165, 1.54) is 0 Å². The molecule has 1 heterocycles. The first-order valence-corrected chi connectivity index (χ1v) is 16.6. The van der Waals surface area contributed by atoms with Gasteiger partial charge in [-0.3, -0.25) is 9.98 Å². The molecular formula is C42H51N4O5U-5. The first-order valence-electron chi connectivity index (χ1n) is 16.6. The van der Waals surface area contributed by atoms with Gasteiger partial charge in [-0.1, -0.05) is 131 Å². The Bertz CT molecular complexity index is 1950. The molecule has 0 aliphatic carbocycles. The normalized spacial score (nSPS) is 12.4. The predicted molar refractivity (Wildman–Crippen MR) is 204 cm³/mol. The van der Waals surface area contributed by atoms with Gasteiger partial charge in [0.1, 0.15) is 0 Å². The van der Waals surface area contributed by atoms with Crippen molar-refractivity contribution in [2.75, 3.05) is 0 Å². The van der Waals surface area contributed by atoms with Gasteiger partial charge < -0.3 is 26.6 Å². The van der Waals surface area contributed by atoms with Crippen molar-refractivity contribution < 1.29 is 57.8 Å². The van der Waals surface area contributed by atoms with E-state index < -0.39 is 0 Å². The van der Waals surface area contributed by atoms with Crippen molar-refractivity contribution in [2.45, 2.75) is 105 Å². The molecular weight excluding hydrogens is 879 g/mol. The van der Waals surface area contributed by atoms with Crippen LogP contribution >= 0.6 is 0 Å². The second kappa shape index (κ2) is 16.6. The summed E-state index contributed by atoms with van der Waals surface area (Å²) < 4.78 is 0. The number of fused-ring (bicyclic) bond motifs is 2. The van der Waals surface area contributed by atoms with Crippen LogP contribution in [-0.2, 0) is 38.1 Å². The largest absolute Gasteiger partial charge is 2.00 e. The van der Waals surface area contributed by atoms with Crippen LogP contribution in [0, 0.1) is 31.1 Å². The molecule has 52 heavy (non-hydrogen) atoms. The topological polar surface area (TPSA) is 187 Å². The smallest absolute Gasteiger partial charge is 0.0917 e. The molecule has 0 unspecified atom stereocenters. The molecule has 278 valence electrons. The quantitative estimate of drug-likeness (QED) is 0.0995. The molecule has 5 aromatic rings. The summed E-state index contributed by atoms with van der Waals surface area (Å²) in [5.74, 6) is -0.0823. The van der Waals surface area contributed by atoms with E-state index in [9.17, 15) is 10.2 Å². The van der Waals surface area contributed by atoms with Crippen molar-refractivity contribution in [1.29, 1.82) is 0 Å². The van der Waals surface area contributed by atoms with Gasteiger partial charge in [0.25, 0.3) is 0 Å². The van der Waals surface area contributed by atoms with Crippen molar-refractivity contribution in [2.24, 2.45) is 9.98 Å². The minimum atomic E-state index is -0.334. The van der Waals surface area contributed by atoms with Crippen LogP contribution in [0.5, 0.6) is 11.5 Å². The van der Waals surface area contributed by atoms with E-state index in [1.807, 2.05) is 60.7 Å². The summed E-state index contributed by atoms with van der Waals surface area (Å²) in [6.45, 7) is 25.2. The number of para-hydroxylation sites is 2. The maximum Gasteiger partial charge on any atom is 0.0917 e. The Morgan fingerprint density at radius 1 is 0.500 bits per heavy atom. The van der Waals surface area contributed by atoms with Gasteiger partial charge in [0.2, 0.25) is 0 Å². The summed E-state index contributed by atoms with van der Waals surface area (Å²) in [6, 6.07) is 19.4. The molecule has 0 aliphatic rings. The summed E-state index contributed by atoms with van der Waals surface area (Å²) in [4.78, 5) is 19.5. The zero-order valence-electron chi connectivity index (χ0n) is 32.4. The third kappa shape index (κ3) is 10.1. The third-order valence-corrected chi connectivity index (χ3v) is 8.70. The number of hydrogen-bond donors (Lipinski definition) is 0. The standard InChI is InChI=1S/C42H50N4O2.H2O.2O.U/c1-39(2,3)27-17-25(37(47)29(19-27)41(7,8)9)23-43-33-21-35-36(46-32-16-14-13-15-31(32)45-35)22-34(33)44-24-26-18-28(40(4,5)6)20-30(38(26)48)42(10,11)12;;;;/h13-24,47-48H,1-12H3;1H2;;;/q;;2*-2;/p-1. The van der Waals surface area contributed by atoms with Crippen molar-refractivity contribution in [3.63, 3.8) is 0 Å². The maximum absolute atomic E-state index is 13.8. The van der Waals surface area contributed by atoms with Crippen LogP contribution in [0.1, 0.15) is 116 Å². The maximum atomic E-state index is 13.8. The van der Waals surface area contributed by atoms with Gasteiger partial charge >= 0.3 is 0 Å². The Balaban J connectivity index is 0.00000338. The summed E-state index contributed by atoms with van der Waals surface area (Å²) in [5, 5.41) is 27.5. The first-order chi connectivity index (χ1) is 22.1. The van der Waals surface area contributed by atoms with Gasteiger partial charge in [-0.15, -0.1) is 0 Å². The average molecular weight is 930 g/mol. The summed E-state index contributed by atoms with van der Waals surface area (Å²) in [7, 11) is 0. The van der Waals surface area contributed by atoms with Gasteiger partial charge in [0, 0.05) is 43.5 Å². The van der Waals surface area contributed by atoms with Crippen molar-refractivity contribution in [1.82, 2.24) is 9.97 Å². The predicted octanol–water partition coefficient (Wildman–Crippen LogP) is 8.46. The Labute approximate surface area is 332 Å². The fraction of sp³-hybridized carbons (Fsp3) is 0.381. The van der Waals surface area contributed by atoms with Crippen LogP contribution in [0.2, 0.25) is 0 Å².